The topological polar surface area (TPSA) is 58.4 Å². The Morgan fingerprint density at radius 3 is 2.52 bits per heavy atom. The Bertz CT molecular complexity index is 471. The SMILES string of the molecule is CC[C@@H](c1ccc(F)c([N+](=O)[O-])c1)N1CCNCC1.Cl.Cl. The minimum absolute atomic E-state index is 0. The van der Waals surface area contributed by atoms with Gasteiger partial charge in [-0.3, -0.25) is 15.0 Å². The van der Waals surface area contributed by atoms with Crippen molar-refractivity contribution in [2.45, 2.75) is 19.4 Å². The number of hydrogen-bond donors (Lipinski definition) is 1. The molecule has 0 amide bonds. The zero-order chi connectivity index (χ0) is 13.8. The Labute approximate surface area is 135 Å². The number of nitrogens with zero attached hydrogens (tertiary/aromatic N) is 2. The highest BCUT2D eigenvalue weighted by Gasteiger charge is 2.23. The summed E-state index contributed by atoms with van der Waals surface area (Å²) >= 11 is 0. The van der Waals surface area contributed by atoms with Gasteiger partial charge in [0.15, 0.2) is 0 Å². The highest BCUT2D eigenvalue weighted by atomic mass is 35.5. The van der Waals surface area contributed by atoms with Gasteiger partial charge in [-0.1, -0.05) is 13.0 Å². The fraction of sp³-hybridized carbons (Fsp3) is 0.538. The van der Waals surface area contributed by atoms with Crippen molar-refractivity contribution in [3.05, 3.63) is 39.7 Å². The van der Waals surface area contributed by atoms with E-state index in [1.165, 1.54) is 12.1 Å². The van der Waals surface area contributed by atoms with E-state index < -0.39 is 16.4 Å². The quantitative estimate of drug-likeness (QED) is 0.676. The van der Waals surface area contributed by atoms with Gasteiger partial charge in [-0.15, -0.1) is 24.8 Å². The molecule has 120 valence electrons. The minimum Gasteiger partial charge on any atom is -0.314 e. The Kier molecular flexibility index (Phi) is 8.73. The average molecular weight is 340 g/mol. The molecule has 1 aromatic rings. The summed E-state index contributed by atoms with van der Waals surface area (Å²) in [7, 11) is 0. The van der Waals surface area contributed by atoms with Crippen LogP contribution in [0.2, 0.25) is 0 Å². The van der Waals surface area contributed by atoms with Gasteiger partial charge in [0.2, 0.25) is 5.82 Å². The molecule has 0 bridgehead atoms. The average Bonchev–Trinajstić information content (AvgIpc) is 2.42. The maximum Gasteiger partial charge on any atom is 0.305 e. The molecule has 1 N–H and O–H groups in total. The summed E-state index contributed by atoms with van der Waals surface area (Å²) in [4.78, 5) is 12.4. The second-order valence-corrected chi connectivity index (χ2v) is 4.68. The van der Waals surface area contributed by atoms with E-state index in [1.807, 2.05) is 6.92 Å². The lowest BCUT2D eigenvalue weighted by Crippen LogP contribution is -2.45. The molecule has 2 rings (SSSR count). The second kappa shape index (κ2) is 9.15. The Morgan fingerprint density at radius 1 is 1.38 bits per heavy atom. The van der Waals surface area contributed by atoms with E-state index in [-0.39, 0.29) is 30.9 Å². The molecule has 0 saturated carbocycles. The van der Waals surface area contributed by atoms with Crippen LogP contribution in [0.4, 0.5) is 10.1 Å². The van der Waals surface area contributed by atoms with Gasteiger partial charge in [-0.2, -0.15) is 4.39 Å². The zero-order valence-corrected chi connectivity index (χ0v) is 13.4. The third kappa shape index (κ3) is 4.78. The van der Waals surface area contributed by atoms with Gasteiger partial charge in [0.25, 0.3) is 0 Å². The van der Waals surface area contributed by atoms with Crippen LogP contribution in [0, 0.1) is 15.9 Å². The van der Waals surface area contributed by atoms with Crippen molar-refractivity contribution in [3.8, 4) is 0 Å². The molecule has 1 fully saturated rings. The maximum atomic E-state index is 13.4. The minimum atomic E-state index is -0.774. The molecule has 5 nitrogen and oxygen atoms in total. The van der Waals surface area contributed by atoms with E-state index in [2.05, 4.69) is 10.2 Å². The molecular formula is C13H20Cl2FN3O2. The van der Waals surface area contributed by atoms with E-state index >= 15 is 0 Å². The van der Waals surface area contributed by atoms with Gasteiger partial charge < -0.3 is 5.32 Å². The van der Waals surface area contributed by atoms with Crippen molar-refractivity contribution < 1.29 is 9.31 Å². The van der Waals surface area contributed by atoms with Crippen LogP contribution in [0.3, 0.4) is 0 Å². The molecule has 1 atom stereocenters. The lowest BCUT2D eigenvalue weighted by Gasteiger charge is -2.34. The van der Waals surface area contributed by atoms with Gasteiger partial charge in [-0.05, 0) is 18.1 Å². The van der Waals surface area contributed by atoms with Crippen LogP contribution in [-0.4, -0.2) is 36.0 Å². The van der Waals surface area contributed by atoms with E-state index in [0.29, 0.717) is 0 Å². The fourth-order valence-corrected chi connectivity index (χ4v) is 2.58. The molecule has 1 saturated heterocycles. The second-order valence-electron chi connectivity index (χ2n) is 4.68. The molecule has 0 aromatic heterocycles. The molecular weight excluding hydrogens is 320 g/mol. The van der Waals surface area contributed by atoms with E-state index in [9.17, 15) is 14.5 Å². The number of rotatable bonds is 4. The Hall–Kier alpha value is -0.950. The predicted molar refractivity (Wildman–Crippen MR) is 85.0 cm³/mol. The van der Waals surface area contributed by atoms with Gasteiger partial charge in [-0.25, -0.2) is 0 Å². The fourth-order valence-electron chi connectivity index (χ4n) is 2.58. The van der Waals surface area contributed by atoms with Crippen molar-refractivity contribution in [2.24, 2.45) is 0 Å². The van der Waals surface area contributed by atoms with Gasteiger partial charge in [0.05, 0.1) is 4.92 Å². The molecule has 1 heterocycles. The van der Waals surface area contributed by atoms with E-state index in [1.54, 1.807) is 6.07 Å². The van der Waals surface area contributed by atoms with Gasteiger partial charge in [0, 0.05) is 38.3 Å². The number of benzene rings is 1. The summed E-state index contributed by atoms with van der Waals surface area (Å²) in [5, 5.41) is 14.1. The van der Waals surface area contributed by atoms with Crippen molar-refractivity contribution in [3.63, 3.8) is 0 Å². The highest BCUT2D eigenvalue weighted by Crippen LogP contribution is 2.28. The Morgan fingerprint density at radius 2 is 2.00 bits per heavy atom. The smallest absolute Gasteiger partial charge is 0.305 e. The van der Waals surface area contributed by atoms with Crippen LogP contribution < -0.4 is 5.32 Å². The molecule has 1 aliphatic rings. The largest absolute Gasteiger partial charge is 0.314 e. The standard InChI is InChI=1S/C13H18FN3O2.2ClH/c1-2-12(16-7-5-15-6-8-16)10-3-4-11(14)13(9-10)17(18)19;;/h3-4,9,12,15H,2,5-8H2,1H3;2*1H/t12-;;/m0../s1. The zero-order valence-electron chi connectivity index (χ0n) is 11.8. The summed E-state index contributed by atoms with van der Waals surface area (Å²) in [6.07, 6.45) is 0.850. The Balaban J connectivity index is 0.00000200. The van der Waals surface area contributed by atoms with Crippen LogP contribution in [0.1, 0.15) is 24.9 Å². The molecule has 8 heteroatoms. The molecule has 0 radical (unpaired) electrons. The first-order valence-electron chi connectivity index (χ1n) is 6.52. The van der Waals surface area contributed by atoms with Crippen LogP contribution in [0.25, 0.3) is 0 Å². The van der Waals surface area contributed by atoms with Gasteiger partial charge >= 0.3 is 5.69 Å². The van der Waals surface area contributed by atoms with Gasteiger partial charge in [0.1, 0.15) is 0 Å². The third-order valence-electron chi connectivity index (χ3n) is 3.53. The summed E-state index contributed by atoms with van der Waals surface area (Å²) < 4.78 is 13.4. The van der Waals surface area contributed by atoms with Crippen LogP contribution in [-0.2, 0) is 0 Å². The number of nitrogens with one attached hydrogen (secondary N) is 1. The summed E-state index contributed by atoms with van der Waals surface area (Å²) in [5.41, 5.74) is 0.378. The summed E-state index contributed by atoms with van der Waals surface area (Å²) in [5.74, 6) is -0.774. The third-order valence-corrected chi connectivity index (χ3v) is 3.53. The first kappa shape index (κ1) is 20.1. The number of nitro benzene ring substituents is 1. The highest BCUT2D eigenvalue weighted by molar-refractivity contribution is 5.85. The van der Waals surface area contributed by atoms with Crippen molar-refractivity contribution in [1.29, 1.82) is 0 Å². The first-order valence-corrected chi connectivity index (χ1v) is 6.52. The first-order chi connectivity index (χ1) is 9.13. The summed E-state index contributed by atoms with van der Waals surface area (Å²) in [6.45, 7) is 5.69. The van der Waals surface area contributed by atoms with E-state index in [0.717, 1.165) is 38.2 Å². The van der Waals surface area contributed by atoms with Crippen molar-refractivity contribution >= 4 is 30.5 Å². The number of hydrogen-bond acceptors (Lipinski definition) is 4. The predicted octanol–water partition coefficient (Wildman–Crippen LogP) is 2.93. The van der Waals surface area contributed by atoms with Crippen molar-refractivity contribution in [1.82, 2.24) is 10.2 Å². The molecule has 0 spiro atoms. The van der Waals surface area contributed by atoms with Crippen molar-refractivity contribution in [2.75, 3.05) is 26.2 Å². The molecule has 0 aliphatic carbocycles. The molecule has 0 unspecified atom stereocenters. The number of halogens is 3. The van der Waals surface area contributed by atoms with Crippen LogP contribution in [0.5, 0.6) is 0 Å². The molecule has 21 heavy (non-hydrogen) atoms. The van der Waals surface area contributed by atoms with Crippen LogP contribution in [0.15, 0.2) is 18.2 Å². The lowest BCUT2D eigenvalue weighted by atomic mass is 10.0. The number of piperazine rings is 1. The molecule has 1 aromatic carbocycles. The van der Waals surface area contributed by atoms with E-state index in [4.69, 9.17) is 0 Å². The lowest BCUT2D eigenvalue weighted by molar-refractivity contribution is -0.387. The monoisotopic (exact) mass is 339 g/mol. The molecule has 1 aliphatic heterocycles. The summed E-state index contributed by atoms with van der Waals surface area (Å²) in [6, 6.07) is 4.32. The van der Waals surface area contributed by atoms with Crippen LogP contribution >= 0.6 is 24.8 Å². The maximum absolute atomic E-state index is 13.4. The number of nitro groups is 1. The normalized spacial score (nSPS) is 16.5.